The highest BCUT2D eigenvalue weighted by Gasteiger charge is 2.22. The molecule has 0 aromatic heterocycles. The minimum Gasteiger partial charge on any atom is -0.343 e. The Balaban J connectivity index is 1.34. The first-order valence-electron chi connectivity index (χ1n) is 9.47. The smallest absolute Gasteiger partial charge is 0.223 e. The van der Waals surface area contributed by atoms with Crippen LogP contribution in [-0.4, -0.2) is 66.4 Å². The average Bonchev–Trinajstić information content (AvgIpc) is 2.62. The van der Waals surface area contributed by atoms with Crippen molar-refractivity contribution in [1.29, 1.82) is 0 Å². The largest absolute Gasteiger partial charge is 0.343 e. The fourth-order valence-electron chi connectivity index (χ4n) is 3.68. The summed E-state index contributed by atoms with van der Waals surface area (Å²) >= 11 is 0. The third kappa shape index (κ3) is 5.05. The Labute approximate surface area is 146 Å². The van der Waals surface area contributed by atoms with Crippen LogP contribution in [0.25, 0.3) is 0 Å². The topological polar surface area (TPSA) is 26.8 Å². The first-order valence-corrected chi connectivity index (χ1v) is 9.47. The van der Waals surface area contributed by atoms with Gasteiger partial charge in [-0.05, 0) is 24.3 Å². The lowest BCUT2D eigenvalue weighted by molar-refractivity contribution is -0.132. The van der Waals surface area contributed by atoms with Gasteiger partial charge in [-0.2, -0.15) is 0 Å². The number of likely N-dealkylation sites (tertiary alicyclic amines) is 1. The molecule has 0 N–H and O–H groups in total. The number of rotatable bonds is 5. The van der Waals surface area contributed by atoms with Crippen LogP contribution >= 0.6 is 0 Å². The zero-order valence-corrected chi connectivity index (χ0v) is 15.0. The Morgan fingerprint density at radius 3 is 2.25 bits per heavy atom. The molecule has 3 rings (SSSR count). The molecule has 0 unspecified atom stereocenters. The normalized spacial score (nSPS) is 21.1. The standard InChI is InChI=1S/C20H31N3O/c1-18-7-11-23(12-8-18)20(24)9-10-21-13-15-22(16-14-21)17-19-5-3-2-4-6-19/h2-6,18H,7-17H2,1H3. The van der Waals surface area contributed by atoms with Crippen molar-refractivity contribution in [2.45, 2.75) is 32.7 Å². The van der Waals surface area contributed by atoms with Crippen LogP contribution in [0.1, 0.15) is 31.7 Å². The second-order valence-electron chi connectivity index (χ2n) is 7.42. The molecule has 2 aliphatic rings. The lowest BCUT2D eigenvalue weighted by atomic mass is 9.99. The Morgan fingerprint density at radius 1 is 0.958 bits per heavy atom. The van der Waals surface area contributed by atoms with E-state index < -0.39 is 0 Å². The minimum absolute atomic E-state index is 0.355. The molecular formula is C20H31N3O. The molecule has 2 aliphatic heterocycles. The Morgan fingerprint density at radius 2 is 1.58 bits per heavy atom. The second-order valence-corrected chi connectivity index (χ2v) is 7.42. The van der Waals surface area contributed by atoms with E-state index >= 15 is 0 Å². The van der Waals surface area contributed by atoms with E-state index in [1.54, 1.807) is 0 Å². The van der Waals surface area contributed by atoms with Gasteiger partial charge >= 0.3 is 0 Å². The van der Waals surface area contributed by atoms with Gasteiger partial charge in [-0.15, -0.1) is 0 Å². The van der Waals surface area contributed by atoms with E-state index in [2.05, 4.69) is 52.0 Å². The highest BCUT2D eigenvalue weighted by molar-refractivity contribution is 5.76. The lowest BCUT2D eigenvalue weighted by Crippen LogP contribution is -2.47. The van der Waals surface area contributed by atoms with Crippen molar-refractivity contribution in [3.63, 3.8) is 0 Å². The third-order valence-electron chi connectivity index (χ3n) is 5.49. The summed E-state index contributed by atoms with van der Waals surface area (Å²) < 4.78 is 0. The summed E-state index contributed by atoms with van der Waals surface area (Å²) in [6, 6.07) is 10.7. The molecule has 0 saturated carbocycles. The molecule has 132 valence electrons. The number of benzene rings is 1. The number of hydrogen-bond acceptors (Lipinski definition) is 3. The van der Waals surface area contributed by atoms with E-state index in [0.29, 0.717) is 12.3 Å². The minimum atomic E-state index is 0.355. The van der Waals surface area contributed by atoms with Gasteiger partial charge in [0.2, 0.25) is 5.91 Å². The highest BCUT2D eigenvalue weighted by Crippen LogP contribution is 2.17. The van der Waals surface area contributed by atoms with Crippen molar-refractivity contribution in [2.75, 3.05) is 45.8 Å². The molecule has 0 atom stereocenters. The number of carbonyl (C=O) groups excluding carboxylic acids is 1. The molecule has 0 spiro atoms. The lowest BCUT2D eigenvalue weighted by Gasteiger charge is -2.35. The number of piperidine rings is 1. The quantitative estimate of drug-likeness (QED) is 0.830. The number of hydrogen-bond donors (Lipinski definition) is 0. The molecule has 4 nitrogen and oxygen atoms in total. The van der Waals surface area contributed by atoms with E-state index in [1.807, 2.05) is 0 Å². The van der Waals surface area contributed by atoms with Crippen LogP contribution in [0.2, 0.25) is 0 Å². The summed E-state index contributed by atoms with van der Waals surface area (Å²) in [6.07, 6.45) is 3.03. The van der Waals surface area contributed by atoms with Crippen molar-refractivity contribution in [1.82, 2.24) is 14.7 Å². The van der Waals surface area contributed by atoms with E-state index in [9.17, 15) is 4.79 Å². The van der Waals surface area contributed by atoms with Crippen molar-refractivity contribution in [3.8, 4) is 0 Å². The number of amides is 1. The summed E-state index contributed by atoms with van der Waals surface area (Å²) in [5.74, 6) is 1.14. The number of carbonyl (C=O) groups is 1. The molecule has 0 aliphatic carbocycles. The van der Waals surface area contributed by atoms with E-state index in [-0.39, 0.29) is 0 Å². The summed E-state index contributed by atoms with van der Waals surface area (Å²) in [4.78, 5) is 19.4. The first-order chi connectivity index (χ1) is 11.7. The van der Waals surface area contributed by atoms with Crippen LogP contribution in [0.4, 0.5) is 0 Å². The van der Waals surface area contributed by atoms with Crippen LogP contribution in [0.15, 0.2) is 30.3 Å². The van der Waals surface area contributed by atoms with Gasteiger partial charge in [0.15, 0.2) is 0 Å². The predicted molar refractivity (Wildman–Crippen MR) is 97.8 cm³/mol. The van der Waals surface area contributed by atoms with Crippen molar-refractivity contribution < 1.29 is 4.79 Å². The third-order valence-corrected chi connectivity index (χ3v) is 5.49. The van der Waals surface area contributed by atoms with Gasteiger partial charge in [-0.3, -0.25) is 9.69 Å². The molecule has 1 aromatic carbocycles. The second kappa shape index (κ2) is 8.63. The van der Waals surface area contributed by atoms with Crippen LogP contribution < -0.4 is 0 Å². The summed E-state index contributed by atoms with van der Waals surface area (Å²) in [5.41, 5.74) is 1.39. The predicted octanol–water partition coefficient (Wildman–Crippen LogP) is 2.45. The monoisotopic (exact) mass is 329 g/mol. The van der Waals surface area contributed by atoms with Crippen LogP contribution in [0.3, 0.4) is 0 Å². The highest BCUT2D eigenvalue weighted by atomic mass is 16.2. The molecule has 24 heavy (non-hydrogen) atoms. The maximum Gasteiger partial charge on any atom is 0.223 e. The summed E-state index contributed by atoms with van der Waals surface area (Å²) in [7, 11) is 0. The molecule has 2 fully saturated rings. The molecule has 2 saturated heterocycles. The fourth-order valence-corrected chi connectivity index (χ4v) is 3.68. The Kier molecular flexibility index (Phi) is 6.27. The van der Waals surface area contributed by atoms with Gasteiger partial charge in [0.1, 0.15) is 0 Å². The molecule has 0 bridgehead atoms. The first kappa shape index (κ1) is 17.4. The molecular weight excluding hydrogens is 298 g/mol. The van der Waals surface area contributed by atoms with Crippen molar-refractivity contribution in [2.24, 2.45) is 5.92 Å². The maximum absolute atomic E-state index is 12.3. The van der Waals surface area contributed by atoms with Crippen LogP contribution in [0.5, 0.6) is 0 Å². The maximum atomic E-state index is 12.3. The van der Waals surface area contributed by atoms with Gasteiger partial charge in [0, 0.05) is 58.8 Å². The molecule has 1 amide bonds. The van der Waals surface area contributed by atoms with E-state index in [4.69, 9.17) is 0 Å². The van der Waals surface area contributed by atoms with Crippen LogP contribution in [-0.2, 0) is 11.3 Å². The van der Waals surface area contributed by atoms with Gasteiger partial charge in [-0.25, -0.2) is 0 Å². The van der Waals surface area contributed by atoms with E-state index in [0.717, 1.165) is 58.3 Å². The van der Waals surface area contributed by atoms with Crippen LogP contribution in [0, 0.1) is 5.92 Å². The number of nitrogens with zero attached hydrogens (tertiary/aromatic N) is 3. The van der Waals surface area contributed by atoms with Gasteiger partial charge < -0.3 is 9.80 Å². The molecule has 2 heterocycles. The summed E-state index contributed by atoms with van der Waals surface area (Å²) in [5, 5.41) is 0. The molecule has 4 heteroatoms. The van der Waals surface area contributed by atoms with Gasteiger partial charge in [0.05, 0.1) is 0 Å². The number of piperazine rings is 1. The SMILES string of the molecule is CC1CCN(C(=O)CCN2CCN(Cc3ccccc3)CC2)CC1. The van der Waals surface area contributed by atoms with E-state index in [1.165, 1.54) is 18.4 Å². The van der Waals surface area contributed by atoms with Crippen molar-refractivity contribution >= 4 is 5.91 Å². The fraction of sp³-hybridized carbons (Fsp3) is 0.650. The molecule has 1 aromatic rings. The average molecular weight is 329 g/mol. The zero-order chi connectivity index (χ0) is 16.8. The Bertz CT molecular complexity index is 503. The summed E-state index contributed by atoms with van der Waals surface area (Å²) in [6.45, 7) is 10.5. The van der Waals surface area contributed by atoms with Crippen molar-refractivity contribution in [3.05, 3.63) is 35.9 Å². The Hall–Kier alpha value is -1.39. The van der Waals surface area contributed by atoms with Gasteiger partial charge in [0.25, 0.3) is 0 Å². The van der Waals surface area contributed by atoms with Gasteiger partial charge in [-0.1, -0.05) is 37.3 Å². The zero-order valence-electron chi connectivity index (χ0n) is 15.0. The molecule has 0 radical (unpaired) electrons.